The first-order valence-corrected chi connectivity index (χ1v) is 9.17. The topological polar surface area (TPSA) is 58.6 Å². The molecule has 0 fully saturated rings. The SMILES string of the molecule is CCc1ccc(OCC(O)CNC(C)CCS(C)=O)cc1. The van der Waals surface area contributed by atoms with Gasteiger partial charge in [-0.3, -0.25) is 4.21 Å². The van der Waals surface area contributed by atoms with E-state index in [2.05, 4.69) is 12.2 Å². The van der Waals surface area contributed by atoms with Gasteiger partial charge in [-0.25, -0.2) is 0 Å². The Hall–Kier alpha value is -0.910. The average molecular weight is 313 g/mol. The number of aryl methyl sites for hydroxylation is 1. The Morgan fingerprint density at radius 3 is 2.57 bits per heavy atom. The molecule has 0 spiro atoms. The molecule has 1 aromatic carbocycles. The summed E-state index contributed by atoms with van der Waals surface area (Å²) in [6, 6.07) is 8.17. The minimum absolute atomic E-state index is 0.243. The van der Waals surface area contributed by atoms with Crippen molar-refractivity contribution in [2.24, 2.45) is 0 Å². The highest BCUT2D eigenvalue weighted by atomic mass is 32.2. The Kier molecular flexibility index (Phi) is 8.57. The van der Waals surface area contributed by atoms with Gasteiger partial charge >= 0.3 is 0 Å². The van der Waals surface area contributed by atoms with Crippen LogP contribution in [0.5, 0.6) is 5.75 Å². The zero-order valence-electron chi connectivity index (χ0n) is 13.2. The fourth-order valence-electron chi connectivity index (χ4n) is 1.85. The Morgan fingerprint density at radius 1 is 1.33 bits per heavy atom. The van der Waals surface area contributed by atoms with E-state index in [1.807, 2.05) is 31.2 Å². The quantitative estimate of drug-likeness (QED) is 0.691. The molecule has 0 radical (unpaired) electrons. The first kappa shape index (κ1) is 18.1. The van der Waals surface area contributed by atoms with Crippen LogP contribution in [0.3, 0.4) is 0 Å². The molecule has 1 rings (SSSR count). The van der Waals surface area contributed by atoms with E-state index >= 15 is 0 Å². The third-order valence-electron chi connectivity index (χ3n) is 3.31. The molecule has 5 heteroatoms. The van der Waals surface area contributed by atoms with Crippen LogP contribution in [0.25, 0.3) is 0 Å². The summed E-state index contributed by atoms with van der Waals surface area (Å²) in [7, 11) is -0.759. The zero-order valence-corrected chi connectivity index (χ0v) is 14.0. The number of rotatable bonds is 10. The molecular formula is C16H27NO3S. The Bertz CT molecular complexity index is 422. The smallest absolute Gasteiger partial charge is 0.119 e. The van der Waals surface area contributed by atoms with Crippen LogP contribution in [0, 0.1) is 0 Å². The van der Waals surface area contributed by atoms with Crippen molar-refractivity contribution in [1.29, 1.82) is 0 Å². The predicted molar refractivity (Wildman–Crippen MR) is 88.3 cm³/mol. The molecule has 0 amide bonds. The molecule has 0 saturated heterocycles. The van der Waals surface area contributed by atoms with E-state index in [9.17, 15) is 9.32 Å². The van der Waals surface area contributed by atoms with Crippen LogP contribution in [0.2, 0.25) is 0 Å². The van der Waals surface area contributed by atoms with Crippen LogP contribution in [0.4, 0.5) is 0 Å². The van der Waals surface area contributed by atoms with Gasteiger partial charge < -0.3 is 15.2 Å². The highest BCUT2D eigenvalue weighted by Gasteiger charge is 2.08. The van der Waals surface area contributed by atoms with Crippen molar-refractivity contribution in [2.75, 3.05) is 25.2 Å². The maximum atomic E-state index is 11.0. The van der Waals surface area contributed by atoms with Crippen molar-refractivity contribution < 1.29 is 14.1 Å². The molecule has 0 aliphatic rings. The monoisotopic (exact) mass is 313 g/mol. The number of hydrogen-bond donors (Lipinski definition) is 2. The van der Waals surface area contributed by atoms with Crippen molar-refractivity contribution >= 4 is 10.8 Å². The third-order valence-corrected chi connectivity index (χ3v) is 4.12. The molecule has 0 saturated carbocycles. The first-order valence-electron chi connectivity index (χ1n) is 7.44. The Labute approximate surface area is 130 Å². The molecule has 0 aliphatic carbocycles. The van der Waals surface area contributed by atoms with Crippen LogP contribution >= 0.6 is 0 Å². The lowest BCUT2D eigenvalue weighted by Gasteiger charge is -2.17. The van der Waals surface area contributed by atoms with Gasteiger partial charge in [0.25, 0.3) is 0 Å². The van der Waals surface area contributed by atoms with Gasteiger partial charge in [-0.05, 0) is 37.5 Å². The van der Waals surface area contributed by atoms with E-state index in [1.54, 1.807) is 6.26 Å². The molecule has 0 aromatic heterocycles. The van der Waals surface area contributed by atoms with Gasteiger partial charge in [0, 0.05) is 35.4 Å². The molecule has 120 valence electrons. The van der Waals surface area contributed by atoms with Crippen molar-refractivity contribution in [2.45, 2.75) is 38.8 Å². The second-order valence-electron chi connectivity index (χ2n) is 5.34. The standard InChI is InChI=1S/C16H27NO3S/c1-4-14-5-7-16(8-6-14)20-12-15(18)11-17-13(2)9-10-21(3)19/h5-8,13,15,17-18H,4,9-12H2,1-3H3. The molecule has 3 atom stereocenters. The molecule has 0 heterocycles. The Morgan fingerprint density at radius 2 is 2.00 bits per heavy atom. The predicted octanol–water partition coefficient (Wildman–Crippen LogP) is 1.74. The Balaban J connectivity index is 2.20. The number of aliphatic hydroxyl groups is 1. The van der Waals surface area contributed by atoms with Crippen molar-refractivity contribution in [3.63, 3.8) is 0 Å². The van der Waals surface area contributed by atoms with Gasteiger partial charge in [0.05, 0.1) is 0 Å². The minimum atomic E-state index is -0.759. The molecule has 0 aliphatic heterocycles. The normalized spacial score (nSPS) is 15.4. The molecule has 1 aromatic rings. The van der Waals surface area contributed by atoms with E-state index in [0.717, 1.165) is 18.6 Å². The van der Waals surface area contributed by atoms with Gasteiger partial charge in [-0.1, -0.05) is 19.1 Å². The maximum Gasteiger partial charge on any atom is 0.119 e. The minimum Gasteiger partial charge on any atom is -0.491 e. The van der Waals surface area contributed by atoms with E-state index < -0.39 is 16.9 Å². The summed E-state index contributed by atoms with van der Waals surface area (Å²) in [5.74, 6) is 1.46. The zero-order chi connectivity index (χ0) is 15.7. The van der Waals surface area contributed by atoms with Crippen molar-refractivity contribution in [1.82, 2.24) is 5.32 Å². The van der Waals surface area contributed by atoms with E-state index in [-0.39, 0.29) is 12.6 Å². The lowest BCUT2D eigenvalue weighted by atomic mass is 10.2. The van der Waals surface area contributed by atoms with Crippen molar-refractivity contribution in [3.05, 3.63) is 29.8 Å². The second kappa shape index (κ2) is 9.92. The van der Waals surface area contributed by atoms with E-state index in [0.29, 0.717) is 12.3 Å². The van der Waals surface area contributed by atoms with Crippen LogP contribution < -0.4 is 10.1 Å². The summed E-state index contributed by atoms with van der Waals surface area (Å²) in [6.45, 7) is 4.89. The van der Waals surface area contributed by atoms with Crippen molar-refractivity contribution in [3.8, 4) is 5.75 Å². The largest absolute Gasteiger partial charge is 0.491 e. The van der Waals surface area contributed by atoms with E-state index in [1.165, 1.54) is 5.56 Å². The summed E-state index contributed by atoms with van der Waals surface area (Å²) in [5.41, 5.74) is 1.27. The maximum absolute atomic E-state index is 11.0. The summed E-state index contributed by atoms with van der Waals surface area (Å²) < 4.78 is 16.6. The fourth-order valence-corrected chi connectivity index (χ4v) is 2.54. The van der Waals surface area contributed by atoms with Gasteiger partial charge in [-0.15, -0.1) is 0 Å². The molecule has 0 bridgehead atoms. The van der Waals surface area contributed by atoms with Gasteiger partial charge in [0.2, 0.25) is 0 Å². The lowest BCUT2D eigenvalue weighted by Crippen LogP contribution is -2.37. The molecule has 4 nitrogen and oxygen atoms in total. The van der Waals surface area contributed by atoms with Gasteiger partial charge in [0.1, 0.15) is 18.5 Å². The van der Waals surface area contributed by atoms with Gasteiger partial charge in [0.15, 0.2) is 0 Å². The fraction of sp³-hybridized carbons (Fsp3) is 0.625. The number of benzene rings is 1. The summed E-state index contributed by atoms with van der Waals surface area (Å²) in [5, 5.41) is 13.1. The van der Waals surface area contributed by atoms with Crippen LogP contribution in [-0.2, 0) is 17.2 Å². The summed E-state index contributed by atoms with van der Waals surface area (Å²) >= 11 is 0. The van der Waals surface area contributed by atoms with Crippen LogP contribution in [0.15, 0.2) is 24.3 Å². The second-order valence-corrected chi connectivity index (χ2v) is 6.89. The average Bonchev–Trinajstić information content (AvgIpc) is 2.49. The van der Waals surface area contributed by atoms with Crippen LogP contribution in [0.1, 0.15) is 25.8 Å². The highest BCUT2D eigenvalue weighted by Crippen LogP contribution is 2.12. The van der Waals surface area contributed by atoms with Crippen LogP contribution in [-0.4, -0.2) is 46.6 Å². The lowest BCUT2D eigenvalue weighted by molar-refractivity contribution is 0.104. The number of hydrogen-bond acceptors (Lipinski definition) is 4. The summed E-state index contributed by atoms with van der Waals surface area (Å²) in [6.07, 6.45) is 3.01. The summed E-state index contributed by atoms with van der Waals surface area (Å²) in [4.78, 5) is 0. The molecule has 3 unspecified atom stereocenters. The first-order chi connectivity index (χ1) is 10.0. The number of ether oxygens (including phenoxy) is 1. The highest BCUT2D eigenvalue weighted by molar-refractivity contribution is 7.84. The van der Waals surface area contributed by atoms with Gasteiger partial charge in [-0.2, -0.15) is 0 Å². The molecule has 2 N–H and O–H groups in total. The molecular weight excluding hydrogens is 286 g/mol. The number of nitrogens with one attached hydrogen (secondary N) is 1. The number of aliphatic hydroxyl groups excluding tert-OH is 1. The molecule has 21 heavy (non-hydrogen) atoms. The third kappa shape index (κ3) is 8.19. The van der Waals surface area contributed by atoms with E-state index in [4.69, 9.17) is 4.74 Å².